The van der Waals surface area contributed by atoms with Crippen molar-refractivity contribution < 1.29 is 42.9 Å². The molecule has 0 aromatic carbocycles. The zero-order chi connectivity index (χ0) is 27.9. The monoisotopic (exact) mass is 534 g/mol. The van der Waals surface area contributed by atoms with Crippen molar-refractivity contribution in [1.82, 2.24) is 0 Å². The van der Waals surface area contributed by atoms with Crippen LogP contribution in [0.5, 0.6) is 0 Å². The van der Waals surface area contributed by atoms with E-state index >= 15 is 0 Å². The molecule has 4 aliphatic rings. The molecule has 2 heterocycles. The maximum Gasteiger partial charge on any atom is 0.331 e. The van der Waals surface area contributed by atoms with E-state index in [-0.39, 0.29) is 42.9 Å². The topological polar surface area (TPSA) is 118 Å². The fourth-order valence-corrected chi connectivity index (χ4v) is 7.37. The number of hydrogen-bond donors (Lipinski definition) is 0. The molecule has 212 valence electrons. The van der Waals surface area contributed by atoms with Gasteiger partial charge in [0.15, 0.2) is 0 Å². The Bertz CT molecular complexity index is 998. The summed E-state index contributed by atoms with van der Waals surface area (Å²) < 4.78 is 29.2. The highest BCUT2D eigenvalue weighted by molar-refractivity contribution is 5.85. The Morgan fingerprint density at radius 2 is 1.92 bits per heavy atom. The molecule has 2 aliphatic carbocycles. The minimum Gasteiger partial charge on any atom is -0.465 e. The summed E-state index contributed by atoms with van der Waals surface area (Å²) >= 11 is 0. The second kappa shape index (κ2) is 10.6. The second-order valence-electron chi connectivity index (χ2n) is 12.1. The molecule has 1 saturated heterocycles. The third-order valence-electron chi connectivity index (χ3n) is 9.92. The van der Waals surface area contributed by atoms with Crippen molar-refractivity contribution in [3.05, 3.63) is 11.6 Å². The van der Waals surface area contributed by atoms with Gasteiger partial charge in [0, 0.05) is 25.5 Å². The van der Waals surface area contributed by atoms with Crippen molar-refractivity contribution in [2.75, 3.05) is 19.8 Å². The second-order valence-corrected chi connectivity index (χ2v) is 12.1. The number of hydrogen-bond acceptors (Lipinski definition) is 9. The summed E-state index contributed by atoms with van der Waals surface area (Å²) in [5.74, 6) is -1.77. The van der Waals surface area contributed by atoms with Crippen molar-refractivity contribution in [3.63, 3.8) is 0 Å². The summed E-state index contributed by atoms with van der Waals surface area (Å²) in [6, 6.07) is 0. The van der Waals surface area contributed by atoms with Crippen LogP contribution in [0.4, 0.5) is 0 Å². The SMILES string of the molecule is CC[C@H](C)C(=O)O[C@@H](C[C@@]1(C)[C@H](C)C[C@H](OC(C)=O)[C@]2(COC(C)=O)[C@@H]1CCC[C@]21CO1)C1=CC(=O)OC1. The minimum atomic E-state index is -0.731. The number of carbonyl (C=O) groups excluding carboxylic acids is 4. The molecular weight excluding hydrogens is 492 g/mol. The van der Waals surface area contributed by atoms with E-state index in [1.54, 1.807) is 0 Å². The van der Waals surface area contributed by atoms with Gasteiger partial charge in [-0.2, -0.15) is 0 Å². The lowest BCUT2D eigenvalue weighted by Gasteiger charge is -2.63. The van der Waals surface area contributed by atoms with Crippen LogP contribution < -0.4 is 0 Å². The quantitative estimate of drug-likeness (QED) is 0.246. The van der Waals surface area contributed by atoms with E-state index in [1.165, 1.54) is 19.9 Å². The number of fused-ring (bicyclic) bond motifs is 2. The fraction of sp³-hybridized carbons (Fsp3) is 0.793. The van der Waals surface area contributed by atoms with E-state index in [0.29, 0.717) is 31.4 Å². The number of rotatable bonds is 9. The lowest BCUT2D eigenvalue weighted by atomic mass is 9.42. The molecule has 2 aliphatic heterocycles. The normalized spacial score (nSPS) is 37.4. The van der Waals surface area contributed by atoms with Gasteiger partial charge >= 0.3 is 23.9 Å². The van der Waals surface area contributed by atoms with E-state index in [9.17, 15) is 19.2 Å². The highest BCUT2D eigenvalue weighted by atomic mass is 16.6. The van der Waals surface area contributed by atoms with Crippen molar-refractivity contribution in [2.24, 2.45) is 28.6 Å². The predicted molar refractivity (Wildman–Crippen MR) is 136 cm³/mol. The van der Waals surface area contributed by atoms with Crippen molar-refractivity contribution in [2.45, 2.75) is 97.9 Å². The van der Waals surface area contributed by atoms with Gasteiger partial charge in [0.1, 0.15) is 31.0 Å². The molecule has 9 nitrogen and oxygen atoms in total. The first-order valence-electron chi connectivity index (χ1n) is 13.9. The van der Waals surface area contributed by atoms with Crippen molar-refractivity contribution in [1.29, 1.82) is 0 Å². The standard InChI is InChI=1S/C29H42O9/c1-7-17(2)26(33)38-22(21-12-25(32)34-14-21)13-27(6)18(3)11-24(37-20(5)31)29(16-35-19(4)30)23(27)9-8-10-28(29)15-36-28/h12,17-18,22-24H,7-11,13-16H2,1-6H3/t17-,18+,22-,23+,24-,27-,28-,29-/m0/s1. The van der Waals surface area contributed by atoms with E-state index < -0.39 is 40.6 Å². The molecule has 2 saturated carbocycles. The van der Waals surface area contributed by atoms with Gasteiger partial charge in [-0.25, -0.2) is 4.79 Å². The first kappa shape index (κ1) is 28.6. The summed E-state index contributed by atoms with van der Waals surface area (Å²) in [4.78, 5) is 49.3. The van der Waals surface area contributed by atoms with Crippen molar-refractivity contribution >= 4 is 23.9 Å². The van der Waals surface area contributed by atoms with Crippen LogP contribution in [0, 0.1) is 28.6 Å². The van der Waals surface area contributed by atoms with Gasteiger partial charge in [-0.05, 0) is 49.4 Å². The lowest BCUT2D eigenvalue weighted by molar-refractivity contribution is -0.232. The summed E-state index contributed by atoms with van der Waals surface area (Å²) in [6.45, 7) is 11.6. The Morgan fingerprint density at radius 3 is 2.47 bits per heavy atom. The molecule has 0 bridgehead atoms. The summed E-state index contributed by atoms with van der Waals surface area (Å²) in [6.07, 6.45) is 4.53. The van der Waals surface area contributed by atoms with Crippen LogP contribution >= 0.6 is 0 Å². The number of carbonyl (C=O) groups is 4. The largest absolute Gasteiger partial charge is 0.465 e. The average molecular weight is 535 g/mol. The van der Waals surface area contributed by atoms with Crippen LogP contribution in [0.25, 0.3) is 0 Å². The molecule has 4 rings (SSSR count). The van der Waals surface area contributed by atoms with Gasteiger partial charge < -0.3 is 23.7 Å². The molecule has 0 N–H and O–H groups in total. The Balaban J connectivity index is 1.76. The maximum atomic E-state index is 12.9. The molecule has 0 amide bonds. The lowest BCUT2D eigenvalue weighted by Crippen LogP contribution is -2.67. The number of esters is 4. The van der Waals surface area contributed by atoms with Gasteiger partial charge in [-0.15, -0.1) is 0 Å². The summed E-state index contributed by atoms with van der Waals surface area (Å²) in [5, 5.41) is 0. The Morgan fingerprint density at radius 1 is 1.21 bits per heavy atom. The third kappa shape index (κ3) is 4.98. The van der Waals surface area contributed by atoms with Crippen molar-refractivity contribution in [3.8, 4) is 0 Å². The molecule has 8 atom stereocenters. The van der Waals surface area contributed by atoms with E-state index in [2.05, 4.69) is 13.8 Å². The molecule has 0 radical (unpaired) electrons. The van der Waals surface area contributed by atoms with Crippen LogP contribution in [0.1, 0.15) is 80.1 Å². The highest BCUT2D eigenvalue weighted by Crippen LogP contribution is 2.69. The number of cyclic esters (lactones) is 1. The van der Waals surface area contributed by atoms with Gasteiger partial charge in [-0.3, -0.25) is 14.4 Å². The van der Waals surface area contributed by atoms with Gasteiger partial charge in [0.25, 0.3) is 0 Å². The summed E-state index contributed by atoms with van der Waals surface area (Å²) in [7, 11) is 0. The van der Waals surface area contributed by atoms with E-state index in [0.717, 1.165) is 19.3 Å². The van der Waals surface area contributed by atoms with Crippen LogP contribution in [-0.4, -0.2) is 61.5 Å². The molecule has 0 unspecified atom stereocenters. The summed E-state index contributed by atoms with van der Waals surface area (Å²) in [5.41, 5.74) is -1.03. The third-order valence-corrected chi connectivity index (χ3v) is 9.92. The fourth-order valence-electron chi connectivity index (χ4n) is 7.37. The molecule has 3 fully saturated rings. The molecule has 0 aromatic heterocycles. The zero-order valence-electron chi connectivity index (χ0n) is 23.5. The van der Waals surface area contributed by atoms with E-state index in [4.69, 9.17) is 23.7 Å². The Hall–Kier alpha value is -2.42. The highest BCUT2D eigenvalue weighted by Gasteiger charge is 2.75. The minimum absolute atomic E-state index is 0.0536. The van der Waals surface area contributed by atoms with Crippen LogP contribution in [0.15, 0.2) is 11.6 Å². The first-order chi connectivity index (χ1) is 17.9. The molecule has 1 spiro atoms. The van der Waals surface area contributed by atoms with E-state index in [1.807, 2.05) is 13.8 Å². The van der Waals surface area contributed by atoms with Gasteiger partial charge in [0.2, 0.25) is 0 Å². The Labute approximate surface area is 224 Å². The molecular formula is C29H42O9. The van der Waals surface area contributed by atoms with Crippen LogP contribution in [-0.2, 0) is 42.9 Å². The average Bonchev–Trinajstić information content (AvgIpc) is 3.50. The molecule has 38 heavy (non-hydrogen) atoms. The first-order valence-corrected chi connectivity index (χ1v) is 13.9. The predicted octanol–water partition coefficient (Wildman–Crippen LogP) is 3.91. The number of epoxide rings is 1. The van der Waals surface area contributed by atoms with Crippen LogP contribution in [0.3, 0.4) is 0 Å². The zero-order valence-corrected chi connectivity index (χ0v) is 23.5. The smallest absolute Gasteiger partial charge is 0.331 e. The maximum absolute atomic E-state index is 12.9. The van der Waals surface area contributed by atoms with Gasteiger partial charge in [-0.1, -0.05) is 34.1 Å². The van der Waals surface area contributed by atoms with Crippen LogP contribution in [0.2, 0.25) is 0 Å². The number of ether oxygens (including phenoxy) is 5. The molecule has 0 aromatic rings. The Kier molecular flexibility index (Phi) is 7.99. The molecule has 9 heteroatoms. The van der Waals surface area contributed by atoms with Gasteiger partial charge in [0.05, 0.1) is 17.9 Å².